The molecular weight excluding hydrogens is 268 g/mol. The van der Waals surface area contributed by atoms with E-state index in [9.17, 15) is 4.79 Å². The molecule has 0 saturated carbocycles. The minimum atomic E-state index is -0.219. The molecule has 3 heteroatoms. The van der Waals surface area contributed by atoms with Gasteiger partial charge in [-0.05, 0) is 11.1 Å². The van der Waals surface area contributed by atoms with Crippen LogP contribution in [-0.4, -0.2) is 11.7 Å². The van der Waals surface area contributed by atoms with Crippen molar-refractivity contribution in [3.05, 3.63) is 71.8 Å². The number of hydrogen-bond donors (Lipinski definition) is 1. The zero-order valence-electron chi connectivity index (χ0n) is 11.0. The minimum absolute atomic E-state index is 0.0311. The Balaban J connectivity index is 2.03. The van der Waals surface area contributed by atoms with Crippen LogP contribution in [0.4, 0.5) is 0 Å². The van der Waals surface area contributed by atoms with Gasteiger partial charge in [-0.15, -0.1) is 0 Å². The maximum atomic E-state index is 12.1. The number of cyclic esters (lactones) is 1. The van der Waals surface area contributed by atoms with E-state index in [0.717, 1.165) is 11.1 Å². The Morgan fingerprint density at radius 3 is 2.00 bits per heavy atom. The summed E-state index contributed by atoms with van der Waals surface area (Å²) in [6, 6.07) is 20.0. The third-order valence-corrected chi connectivity index (χ3v) is 4.21. The van der Waals surface area contributed by atoms with E-state index in [0.29, 0.717) is 5.75 Å². The van der Waals surface area contributed by atoms with E-state index in [-0.39, 0.29) is 23.9 Å². The second kappa shape index (κ2) is 5.71. The normalized spacial score (nSPS) is 25.4. The summed E-state index contributed by atoms with van der Waals surface area (Å²) in [5.74, 6) is 0.194. The zero-order valence-corrected chi connectivity index (χ0v) is 11.9. The van der Waals surface area contributed by atoms with Crippen molar-refractivity contribution in [1.82, 2.24) is 0 Å². The van der Waals surface area contributed by atoms with Crippen LogP contribution in [0.1, 0.15) is 23.1 Å². The van der Waals surface area contributed by atoms with Gasteiger partial charge in [0, 0.05) is 11.7 Å². The van der Waals surface area contributed by atoms with Crippen LogP contribution in [0.25, 0.3) is 0 Å². The van der Waals surface area contributed by atoms with Gasteiger partial charge in [-0.2, -0.15) is 12.6 Å². The molecular formula is C17H16O2S. The summed E-state index contributed by atoms with van der Waals surface area (Å²) in [7, 11) is 0. The molecule has 0 aliphatic carbocycles. The molecule has 1 aliphatic rings. The molecule has 1 heterocycles. The molecule has 0 radical (unpaired) electrons. The Labute approximate surface area is 124 Å². The molecule has 3 atom stereocenters. The largest absolute Gasteiger partial charge is 0.457 e. The monoisotopic (exact) mass is 284 g/mol. The van der Waals surface area contributed by atoms with E-state index in [1.54, 1.807) is 0 Å². The van der Waals surface area contributed by atoms with E-state index in [1.807, 2.05) is 48.5 Å². The lowest BCUT2D eigenvalue weighted by Crippen LogP contribution is -2.17. The number of benzene rings is 2. The van der Waals surface area contributed by atoms with E-state index in [4.69, 9.17) is 4.74 Å². The molecule has 0 bridgehead atoms. The third-order valence-electron chi connectivity index (χ3n) is 3.81. The average molecular weight is 284 g/mol. The summed E-state index contributed by atoms with van der Waals surface area (Å²) in [6.07, 6.45) is -0.219. The number of rotatable bonds is 3. The van der Waals surface area contributed by atoms with Gasteiger partial charge in [0.1, 0.15) is 6.10 Å². The topological polar surface area (TPSA) is 26.3 Å². The van der Waals surface area contributed by atoms with Crippen molar-refractivity contribution in [2.75, 3.05) is 5.75 Å². The highest BCUT2D eigenvalue weighted by Crippen LogP contribution is 2.46. The first-order chi connectivity index (χ1) is 9.81. The molecule has 2 aromatic rings. The maximum Gasteiger partial charge on any atom is 0.311 e. The smallest absolute Gasteiger partial charge is 0.311 e. The third kappa shape index (κ3) is 2.34. The molecule has 2 nitrogen and oxygen atoms in total. The highest BCUT2D eigenvalue weighted by molar-refractivity contribution is 7.80. The maximum absolute atomic E-state index is 12.1. The summed E-state index contributed by atoms with van der Waals surface area (Å²) < 4.78 is 5.63. The van der Waals surface area contributed by atoms with Crippen molar-refractivity contribution in [3.63, 3.8) is 0 Å². The van der Waals surface area contributed by atoms with Gasteiger partial charge in [0.25, 0.3) is 0 Å². The quantitative estimate of drug-likeness (QED) is 0.688. The average Bonchev–Trinajstić information content (AvgIpc) is 2.85. The Morgan fingerprint density at radius 1 is 0.900 bits per heavy atom. The van der Waals surface area contributed by atoms with Crippen LogP contribution in [-0.2, 0) is 9.53 Å². The lowest BCUT2D eigenvalue weighted by molar-refractivity contribution is -0.144. The molecule has 1 aliphatic heterocycles. The van der Waals surface area contributed by atoms with Crippen LogP contribution < -0.4 is 0 Å². The van der Waals surface area contributed by atoms with Crippen molar-refractivity contribution >= 4 is 18.6 Å². The fourth-order valence-electron chi connectivity index (χ4n) is 2.83. The summed E-state index contributed by atoms with van der Waals surface area (Å²) in [6.45, 7) is 0. The summed E-state index contributed by atoms with van der Waals surface area (Å²) in [5.41, 5.74) is 2.17. The van der Waals surface area contributed by atoms with Crippen molar-refractivity contribution in [3.8, 4) is 0 Å². The first-order valence-corrected chi connectivity index (χ1v) is 7.35. The van der Waals surface area contributed by atoms with E-state index in [2.05, 4.69) is 24.8 Å². The lowest BCUT2D eigenvalue weighted by Gasteiger charge is -2.21. The summed E-state index contributed by atoms with van der Waals surface area (Å²) >= 11 is 4.34. The number of thiol groups is 1. The Morgan fingerprint density at radius 2 is 1.45 bits per heavy atom. The number of hydrogen-bond acceptors (Lipinski definition) is 3. The highest BCUT2D eigenvalue weighted by Gasteiger charge is 2.45. The Bertz CT molecular complexity index is 582. The molecule has 0 N–H and O–H groups in total. The molecule has 20 heavy (non-hydrogen) atoms. The Hall–Kier alpha value is -1.74. The van der Waals surface area contributed by atoms with Gasteiger partial charge in [-0.25, -0.2) is 0 Å². The van der Waals surface area contributed by atoms with Crippen molar-refractivity contribution in [2.24, 2.45) is 5.92 Å². The standard InChI is InChI=1S/C17H16O2S/c18-17-14(11-20)15(12-7-3-1-4-8-12)16(19-17)13-9-5-2-6-10-13/h1-10,14-16,20H,11H2/t14?,15-,16-/m1/s1. The van der Waals surface area contributed by atoms with Gasteiger partial charge < -0.3 is 4.74 Å². The van der Waals surface area contributed by atoms with Crippen molar-refractivity contribution in [1.29, 1.82) is 0 Å². The van der Waals surface area contributed by atoms with Gasteiger partial charge in [-0.3, -0.25) is 4.79 Å². The number of ether oxygens (including phenoxy) is 1. The molecule has 0 amide bonds. The SMILES string of the molecule is O=C1O[C@H](c2ccccc2)[C@H](c2ccccc2)C1CS. The number of carbonyl (C=O) groups is 1. The van der Waals surface area contributed by atoms with Gasteiger partial charge in [-0.1, -0.05) is 60.7 Å². The minimum Gasteiger partial charge on any atom is -0.457 e. The molecule has 3 rings (SSSR count). The fraction of sp³-hybridized carbons (Fsp3) is 0.235. The predicted octanol–water partition coefficient (Wildman–Crippen LogP) is 3.61. The summed E-state index contributed by atoms with van der Waals surface area (Å²) in [5, 5.41) is 0. The Kier molecular flexibility index (Phi) is 3.79. The van der Waals surface area contributed by atoms with Gasteiger partial charge in [0.15, 0.2) is 0 Å². The molecule has 0 aromatic heterocycles. The molecule has 0 spiro atoms. The zero-order chi connectivity index (χ0) is 13.9. The van der Waals surface area contributed by atoms with Crippen LogP contribution in [0.15, 0.2) is 60.7 Å². The molecule has 102 valence electrons. The van der Waals surface area contributed by atoms with Crippen LogP contribution >= 0.6 is 12.6 Å². The first-order valence-electron chi connectivity index (χ1n) is 6.72. The number of esters is 1. The summed E-state index contributed by atoms with van der Waals surface area (Å²) in [4.78, 5) is 12.1. The van der Waals surface area contributed by atoms with Crippen LogP contribution in [0, 0.1) is 5.92 Å². The van der Waals surface area contributed by atoms with Crippen molar-refractivity contribution < 1.29 is 9.53 Å². The molecule has 1 saturated heterocycles. The highest BCUT2D eigenvalue weighted by atomic mass is 32.1. The number of carbonyl (C=O) groups excluding carboxylic acids is 1. The first kappa shape index (κ1) is 13.3. The van der Waals surface area contributed by atoms with Crippen LogP contribution in [0.5, 0.6) is 0 Å². The lowest BCUT2D eigenvalue weighted by atomic mass is 9.82. The van der Waals surface area contributed by atoms with Crippen molar-refractivity contribution in [2.45, 2.75) is 12.0 Å². The van der Waals surface area contributed by atoms with Gasteiger partial charge >= 0.3 is 5.97 Å². The van der Waals surface area contributed by atoms with Gasteiger partial charge in [0.05, 0.1) is 5.92 Å². The van der Waals surface area contributed by atoms with E-state index >= 15 is 0 Å². The van der Waals surface area contributed by atoms with E-state index < -0.39 is 0 Å². The fourth-order valence-corrected chi connectivity index (χ4v) is 3.21. The van der Waals surface area contributed by atoms with Gasteiger partial charge in [0.2, 0.25) is 0 Å². The van der Waals surface area contributed by atoms with Crippen LogP contribution in [0.3, 0.4) is 0 Å². The predicted molar refractivity (Wildman–Crippen MR) is 81.8 cm³/mol. The second-order valence-electron chi connectivity index (χ2n) is 4.99. The molecule has 1 unspecified atom stereocenters. The van der Waals surface area contributed by atoms with E-state index in [1.165, 1.54) is 0 Å². The second-order valence-corrected chi connectivity index (χ2v) is 5.36. The van der Waals surface area contributed by atoms with Crippen LogP contribution in [0.2, 0.25) is 0 Å². The molecule has 1 fully saturated rings. The molecule has 2 aromatic carbocycles.